The maximum Gasteiger partial charge on any atom is 0.238 e. The van der Waals surface area contributed by atoms with Crippen LogP contribution in [0.4, 0.5) is 5.69 Å². The van der Waals surface area contributed by atoms with Gasteiger partial charge in [-0.2, -0.15) is 0 Å². The summed E-state index contributed by atoms with van der Waals surface area (Å²) >= 11 is 3.49. The fourth-order valence-electron chi connectivity index (χ4n) is 4.41. The average molecular weight is 372 g/mol. The predicted molar refractivity (Wildman–Crippen MR) is 92.8 cm³/mol. The van der Waals surface area contributed by atoms with Gasteiger partial charge in [-0.15, -0.1) is 0 Å². The van der Waals surface area contributed by atoms with Crippen molar-refractivity contribution in [1.29, 1.82) is 0 Å². The standard InChI is InChI=1S/C19H18BrNO2/c1-9(2)15-12-6-7-13(15)17-16(12)18(22)21(19(17)23)11-5-4-10(3)14(20)8-11/h4-8,12-13,16-17H,1-3H3/t12-,13-,16-,17+/m0/s1. The molecule has 2 bridgehead atoms. The lowest BCUT2D eigenvalue weighted by Gasteiger charge is -2.19. The molecule has 2 amide bonds. The van der Waals surface area contributed by atoms with Crippen LogP contribution in [0.1, 0.15) is 19.4 Å². The van der Waals surface area contributed by atoms with Crippen molar-refractivity contribution in [2.45, 2.75) is 20.8 Å². The van der Waals surface area contributed by atoms with Crippen LogP contribution in [0, 0.1) is 30.6 Å². The molecule has 1 aliphatic heterocycles. The molecule has 1 heterocycles. The SMILES string of the molecule is CC(C)=C1[C@@H]2C=C[C@@H]1[C@H]1C(=O)N(c3ccc(C)c(Br)c3)C(=O)[C@H]12. The summed E-state index contributed by atoms with van der Waals surface area (Å²) in [6.45, 7) is 6.14. The van der Waals surface area contributed by atoms with Crippen molar-refractivity contribution in [2.24, 2.45) is 23.7 Å². The van der Waals surface area contributed by atoms with Gasteiger partial charge in [-0.05, 0) is 38.5 Å². The minimum atomic E-state index is -0.220. The van der Waals surface area contributed by atoms with Crippen molar-refractivity contribution in [3.05, 3.63) is 51.5 Å². The highest BCUT2D eigenvalue weighted by Gasteiger charge is 2.61. The Kier molecular flexibility index (Phi) is 3.17. The van der Waals surface area contributed by atoms with Crippen LogP contribution in [0.15, 0.2) is 46.0 Å². The largest absolute Gasteiger partial charge is 0.274 e. The molecule has 1 saturated carbocycles. The third-order valence-electron chi connectivity index (χ3n) is 5.41. The third kappa shape index (κ3) is 1.87. The number of carbonyl (C=O) groups excluding carboxylic acids is 2. The summed E-state index contributed by atoms with van der Waals surface area (Å²) in [4.78, 5) is 27.4. The normalized spacial score (nSPS) is 31.3. The molecule has 4 rings (SSSR count). The van der Waals surface area contributed by atoms with Gasteiger partial charge >= 0.3 is 0 Å². The molecule has 0 radical (unpaired) electrons. The van der Waals surface area contributed by atoms with Crippen LogP contribution >= 0.6 is 15.9 Å². The topological polar surface area (TPSA) is 37.4 Å². The number of aryl methyl sites for hydroxylation is 1. The molecule has 1 aromatic rings. The van der Waals surface area contributed by atoms with Crippen molar-refractivity contribution < 1.29 is 9.59 Å². The van der Waals surface area contributed by atoms with Crippen LogP contribution < -0.4 is 4.90 Å². The number of fused-ring (bicyclic) bond motifs is 5. The molecule has 1 aromatic carbocycles. The summed E-state index contributed by atoms with van der Waals surface area (Å²) in [5.74, 6) is -0.335. The Hall–Kier alpha value is -1.68. The molecule has 1 saturated heterocycles. The Labute approximate surface area is 144 Å². The molecule has 0 unspecified atom stereocenters. The number of rotatable bonds is 1. The van der Waals surface area contributed by atoms with E-state index in [1.54, 1.807) is 0 Å². The van der Waals surface area contributed by atoms with Crippen LogP contribution in [-0.2, 0) is 9.59 Å². The van der Waals surface area contributed by atoms with E-state index in [-0.39, 0.29) is 35.5 Å². The Balaban J connectivity index is 1.77. The predicted octanol–water partition coefficient (Wildman–Crippen LogP) is 4.02. The van der Waals surface area contributed by atoms with Gasteiger partial charge in [0.1, 0.15) is 0 Å². The van der Waals surface area contributed by atoms with Gasteiger partial charge in [0.05, 0.1) is 17.5 Å². The van der Waals surface area contributed by atoms with Gasteiger partial charge in [0.25, 0.3) is 0 Å². The summed E-state index contributed by atoms with van der Waals surface area (Å²) in [6.07, 6.45) is 4.24. The second-order valence-electron chi connectivity index (χ2n) is 6.89. The number of allylic oxidation sites excluding steroid dienone is 4. The third-order valence-corrected chi connectivity index (χ3v) is 6.26. The van der Waals surface area contributed by atoms with Crippen molar-refractivity contribution in [2.75, 3.05) is 4.90 Å². The minimum absolute atomic E-state index is 0.0497. The maximum absolute atomic E-state index is 13.0. The lowest BCUT2D eigenvalue weighted by Crippen LogP contribution is -2.33. The van der Waals surface area contributed by atoms with Gasteiger partial charge in [-0.1, -0.05) is 45.3 Å². The summed E-state index contributed by atoms with van der Waals surface area (Å²) in [6, 6.07) is 5.65. The first-order chi connectivity index (χ1) is 10.9. The lowest BCUT2D eigenvalue weighted by atomic mass is 9.85. The highest BCUT2D eigenvalue weighted by atomic mass is 79.9. The van der Waals surface area contributed by atoms with Gasteiger partial charge in [-0.25, -0.2) is 4.90 Å². The van der Waals surface area contributed by atoms with Crippen molar-refractivity contribution in [1.82, 2.24) is 0 Å². The second-order valence-corrected chi connectivity index (χ2v) is 7.74. The molecule has 2 fully saturated rings. The number of carbonyl (C=O) groups is 2. The molecule has 2 aliphatic carbocycles. The van der Waals surface area contributed by atoms with Gasteiger partial charge in [0.15, 0.2) is 0 Å². The van der Waals surface area contributed by atoms with Crippen LogP contribution in [0.2, 0.25) is 0 Å². The van der Waals surface area contributed by atoms with Crippen LogP contribution in [0.25, 0.3) is 0 Å². The second kappa shape index (κ2) is 4.91. The minimum Gasteiger partial charge on any atom is -0.274 e. The van der Waals surface area contributed by atoms with E-state index in [1.165, 1.54) is 16.0 Å². The molecule has 0 N–H and O–H groups in total. The van der Waals surface area contributed by atoms with E-state index in [9.17, 15) is 9.59 Å². The Bertz CT molecular complexity index is 770. The smallest absolute Gasteiger partial charge is 0.238 e. The van der Waals surface area contributed by atoms with Crippen molar-refractivity contribution in [3.8, 4) is 0 Å². The van der Waals surface area contributed by atoms with Gasteiger partial charge in [0.2, 0.25) is 11.8 Å². The van der Waals surface area contributed by atoms with Gasteiger partial charge < -0.3 is 0 Å². The monoisotopic (exact) mass is 371 g/mol. The molecule has 0 spiro atoms. The van der Waals surface area contributed by atoms with Crippen molar-refractivity contribution in [3.63, 3.8) is 0 Å². The fraction of sp³-hybridized carbons (Fsp3) is 0.368. The zero-order valence-electron chi connectivity index (χ0n) is 13.3. The highest BCUT2D eigenvalue weighted by molar-refractivity contribution is 9.10. The zero-order valence-corrected chi connectivity index (χ0v) is 14.9. The summed E-state index contributed by atoms with van der Waals surface area (Å²) < 4.78 is 0.916. The van der Waals surface area contributed by atoms with Crippen LogP contribution in [0.3, 0.4) is 0 Å². The Morgan fingerprint density at radius 1 is 1.04 bits per heavy atom. The van der Waals surface area contributed by atoms with Crippen molar-refractivity contribution >= 4 is 33.4 Å². The number of halogens is 1. The number of nitrogens with zero attached hydrogens (tertiary/aromatic N) is 1. The molecule has 23 heavy (non-hydrogen) atoms. The summed E-state index contributed by atoms with van der Waals surface area (Å²) in [5.41, 5.74) is 4.28. The van der Waals surface area contributed by atoms with E-state index < -0.39 is 0 Å². The summed E-state index contributed by atoms with van der Waals surface area (Å²) in [5, 5.41) is 0. The highest BCUT2D eigenvalue weighted by Crippen LogP contribution is 2.57. The van der Waals surface area contributed by atoms with Crippen LogP contribution in [0.5, 0.6) is 0 Å². The fourth-order valence-corrected chi connectivity index (χ4v) is 4.77. The average Bonchev–Trinajstić information content (AvgIpc) is 3.13. The number of anilines is 1. The molecule has 3 aliphatic rings. The number of hydrogen-bond acceptors (Lipinski definition) is 2. The number of imide groups is 1. The van der Waals surface area contributed by atoms with E-state index in [0.29, 0.717) is 5.69 Å². The number of benzene rings is 1. The maximum atomic E-state index is 13.0. The van der Waals surface area contributed by atoms with E-state index in [0.717, 1.165) is 10.0 Å². The molecule has 0 aromatic heterocycles. The Morgan fingerprint density at radius 2 is 1.61 bits per heavy atom. The van der Waals surface area contributed by atoms with E-state index in [4.69, 9.17) is 0 Å². The molecule has 118 valence electrons. The Morgan fingerprint density at radius 3 is 2.09 bits per heavy atom. The molecule has 4 atom stereocenters. The van der Waals surface area contributed by atoms with E-state index >= 15 is 0 Å². The molecular weight excluding hydrogens is 354 g/mol. The first-order valence-corrected chi connectivity index (χ1v) is 8.70. The molecule has 4 heteroatoms. The van der Waals surface area contributed by atoms with Gasteiger partial charge in [-0.3, -0.25) is 9.59 Å². The first-order valence-electron chi connectivity index (χ1n) is 7.91. The van der Waals surface area contributed by atoms with Gasteiger partial charge in [0, 0.05) is 16.3 Å². The number of hydrogen-bond donors (Lipinski definition) is 0. The zero-order chi connectivity index (χ0) is 16.5. The first kappa shape index (κ1) is 14.9. The van der Waals surface area contributed by atoms with E-state index in [1.807, 2.05) is 25.1 Å². The quantitative estimate of drug-likeness (QED) is 0.552. The van der Waals surface area contributed by atoms with Crippen LogP contribution in [-0.4, -0.2) is 11.8 Å². The number of amides is 2. The van der Waals surface area contributed by atoms with E-state index in [2.05, 4.69) is 41.9 Å². The molecular formula is C19H18BrNO2. The lowest BCUT2D eigenvalue weighted by molar-refractivity contribution is -0.122. The molecule has 3 nitrogen and oxygen atoms in total. The summed E-state index contributed by atoms with van der Waals surface area (Å²) in [7, 11) is 0.